The van der Waals surface area contributed by atoms with E-state index >= 15 is 0 Å². The van der Waals surface area contributed by atoms with Gasteiger partial charge in [-0.1, -0.05) is 32.0 Å². The normalized spacial score (nSPS) is 21.9. The molecule has 2 aromatic heterocycles. The van der Waals surface area contributed by atoms with Gasteiger partial charge in [-0.2, -0.15) is 5.10 Å². The van der Waals surface area contributed by atoms with Gasteiger partial charge in [0.1, 0.15) is 5.41 Å². The number of aromatic amines is 1. The van der Waals surface area contributed by atoms with Crippen LogP contribution in [0.1, 0.15) is 59.4 Å². The van der Waals surface area contributed by atoms with Crippen LogP contribution in [0.2, 0.25) is 0 Å². The number of carbonyl (C=O) groups excluding carboxylic acids is 2. The first-order chi connectivity index (χ1) is 15.3. The molecule has 1 fully saturated rings. The molecule has 8 heteroatoms. The summed E-state index contributed by atoms with van der Waals surface area (Å²) in [5.74, 6) is -0.340. The zero-order valence-electron chi connectivity index (χ0n) is 18.3. The Kier molecular flexibility index (Phi) is 4.54. The van der Waals surface area contributed by atoms with E-state index in [0.29, 0.717) is 24.2 Å². The van der Waals surface area contributed by atoms with E-state index in [9.17, 15) is 14.4 Å². The first-order valence-electron chi connectivity index (χ1n) is 10.8. The van der Waals surface area contributed by atoms with Crippen molar-refractivity contribution in [2.45, 2.75) is 37.6 Å². The van der Waals surface area contributed by atoms with E-state index in [4.69, 9.17) is 0 Å². The van der Waals surface area contributed by atoms with Crippen LogP contribution in [-0.4, -0.2) is 38.0 Å². The average molecular weight is 431 g/mol. The number of nitrogens with one attached hydrogen (secondary N) is 2. The summed E-state index contributed by atoms with van der Waals surface area (Å²) in [5, 5.41) is 7.34. The second kappa shape index (κ2) is 7.19. The van der Waals surface area contributed by atoms with E-state index in [1.54, 1.807) is 21.8 Å². The van der Waals surface area contributed by atoms with Gasteiger partial charge in [0.15, 0.2) is 0 Å². The van der Waals surface area contributed by atoms with Crippen molar-refractivity contribution >= 4 is 17.5 Å². The number of nitrogens with zero attached hydrogens (tertiary/aromatic N) is 3. The molecule has 2 atom stereocenters. The highest BCUT2D eigenvalue weighted by atomic mass is 16.2. The quantitative estimate of drug-likeness (QED) is 0.666. The molecule has 0 bridgehead atoms. The summed E-state index contributed by atoms with van der Waals surface area (Å²) < 4.78 is 1.68. The van der Waals surface area contributed by atoms with Gasteiger partial charge in [0.25, 0.3) is 5.91 Å². The number of para-hydroxylation sites is 1. The van der Waals surface area contributed by atoms with E-state index in [1.807, 2.05) is 51.4 Å². The van der Waals surface area contributed by atoms with Crippen molar-refractivity contribution in [2.24, 2.45) is 7.05 Å². The summed E-state index contributed by atoms with van der Waals surface area (Å²) >= 11 is 0. The Morgan fingerprint density at radius 1 is 1.19 bits per heavy atom. The monoisotopic (exact) mass is 431 g/mol. The molecule has 2 amide bonds. The molecule has 0 saturated carbocycles. The second-order valence-corrected chi connectivity index (χ2v) is 8.87. The molecule has 164 valence electrons. The van der Waals surface area contributed by atoms with Gasteiger partial charge in [-0.3, -0.25) is 19.1 Å². The fourth-order valence-electron chi connectivity index (χ4n) is 5.24. The van der Waals surface area contributed by atoms with Crippen molar-refractivity contribution in [1.29, 1.82) is 0 Å². The van der Waals surface area contributed by atoms with Crippen LogP contribution in [0.5, 0.6) is 0 Å². The minimum atomic E-state index is -0.893. The topological polar surface area (TPSA) is 100 Å². The maximum absolute atomic E-state index is 13.9. The van der Waals surface area contributed by atoms with Gasteiger partial charge in [0.05, 0.1) is 17.8 Å². The zero-order chi connectivity index (χ0) is 22.6. The molecule has 4 heterocycles. The highest BCUT2D eigenvalue weighted by Crippen LogP contribution is 2.54. The van der Waals surface area contributed by atoms with Crippen LogP contribution in [0.4, 0.5) is 5.69 Å². The number of aryl methyl sites for hydroxylation is 1. The third-order valence-corrected chi connectivity index (χ3v) is 6.65. The predicted octanol–water partition coefficient (Wildman–Crippen LogP) is 2.71. The molecule has 0 radical (unpaired) electrons. The Bertz CT molecular complexity index is 1290. The molecule has 8 nitrogen and oxygen atoms in total. The van der Waals surface area contributed by atoms with Gasteiger partial charge in [-0.05, 0) is 30.0 Å². The van der Waals surface area contributed by atoms with Crippen LogP contribution < -0.4 is 10.9 Å². The van der Waals surface area contributed by atoms with E-state index < -0.39 is 11.5 Å². The summed E-state index contributed by atoms with van der Waals surface area (Å²) in [6.07, 6.45) is 4.09. The number of amides is 2. The van der Waals surface area contributed by atoms with Crippen LogP contribution >= 0.6 is 0 Å². The Morgan fingerprint density at radius 2 is 1.97 bits per heavy atom. The SMILES string of the molecule is CC(C)c1[nH]c(=O)ccc1C(=O)N1CC[C@]2(C(=O)Nc3ccccc32)[C@@H]1c1cnn(C)c1. The Labute approximate surface area is 185 Å². The van der Waals surface area contributed by atoms with Gasteiger partial charge in [0.2, 0.25) is 11.5 Å². The fraction of sp³-hybridized carbons (Fsp3) is 0.333. The lowest BCUT2D eigenvalue weighted by atomic mass is 9.73. The smallest absolute Gasteiger partial charge is 0.256 e. The number of pyridine rings is 1. The molecular formula is C24H25N5O3. The molecule has 1 spiro atoms. The fourth-order valence-corrected chi connectivity index (χ4v) is 5.24. The number of hydrogen-bond donors (Lipinski definition) is 2. The van der Waals surface area contributed by atoms with Crippen molar-refractivity contribution in [3.05, 3.63) is 81.5 Å². The summed E-state index contributed by atoms with van der Waals surface area (Å²) in [7, 11) is 1.82. The maximum Gasteiger partial charge on any atom is 0.256 e. The lowest BCUT2D eigenvalue weighted by Gasteiger charge is -2.33. The molecule has 0 aliphatic carbocycles. The van der Waals surface area contributed by atoms with Gasteiger partial charge >= 0.3 is 0 Å². The third kappa shape index (κ3) is 2.82. The van der Waals surface area contributed by atoms with E-state index in [0.717, 1.165) is 16.8 Å². The molecule has 2 N–H and O–H groups in total. The van der Waals surface area contributed by atoms with Gasteiger partial charge in [0, 0.05) is 42.8 Å². The highest BCUT2D eigenvalue weighted by molar-refractivity contribution is 6.08. The van der Waals surface area contributed by atoms with Crippen LogP contribution in [0.25, 0.3) is 0 Å². The van der Waals surface area contributed by atoms with Gasteiger partial charge in [-0.15, -0.1) is 0 Å². The number of likely N-dealkylation sites (tertiary alicyclic amines) is 1. The predicted molar refractivity (Wildman–Crippen MR) is 120 cm³/mol. The molecule has 5 rings (SSSR count). The van der Waals surface area contributed by atoms with Crippen molar-refractivity contribution in [3.63, 3.8) is 0 Å². The minimum Gasteiger partial charge on any atom is -0.330 e. The molecule has 1 aromatic carbocycles. The van der Waals surface area contributed by atoms with Crippen LogP contribution in [-0.2, 0) is 17.3 Å². The third-order valence-electron chi connectivity index (χ3n) is 6.65. The lowest BCUT2D eigenvalue weighted by Crippen LogP contribution is -2.42. The molecule has 1 saturated heterocycles. The second-order valence-electron chi connectivity index (χ2n) is 8.87. The zero-order valence-corrected chi connectivity index (χ0v) is 18.3. The number of fused-ring (bicyclic) bond motifs is 2. The van der Waals surface area contributed by atoms with Crippen molar-refractivity contribution in [1.82, 2.24) is 19.7 Å². The number of benzene rings is 1. The largest absolute Gasteiger partial charge is 0.330 e. The number of hydrogen-bond acceptors (Lipinski definition) is 4. The van der Waals surface area contributed by atoms with Crippen LogP contribution in [0.3, 0.4) is 0 Å². The van der Waals surface area contributed by atoms with E-state index in [1.165, 1.54) is 6.07 Å². The maximum atomic E-state index is 13.9. The summed E-state index contributed by atoms with van der Waals surface area (Å²) in [6.45, 7) is 4.29. The summed E-state index contributed by atoms with van der Waals surface area (Å²) in [4.78, 5) is 43.8. The Hall–Kier alpha value is -3.68. The first kappa shape index (κ1) is 20.2. The highest BCUT2D eigenvalue weighted by Gasteiger charge is 2.59. The Morgan fingerprint density at radius 3 is 2.69 bits per heavy atom. The molecular weight excluding hydrogens is 406 g/mol. The van der Waals surface area contributed by atoms with Crippen LogP contribution in [0, 0.1) is 0 Å². The number of aromatic nitrogens is 3. The van der Waals surface area contributed by atoms with Crippen LogP contribution in [0.15, 0.2) is 53.6 Å². The van der Waals surface area contributed by atoms with Crippen molar-refractivity contribution in [2.75, 3.05) is 11.9 Å². The molecule has 2 aliphatic rings. The number of H-pyrrole nitrogens is 1. The lowest BCUT2D eigenvalue weighted by molar-refractivity contribution is -0.121. The average Bonchev–Trinajstić information content (AvgIpc) is 3.44. The molecule has 3 aromatic rings. The standard InChI is InChI=1S/C24H25N5O3/c1-14(2)20-16(8-9-19(30)27-20)22(31)29-11-10-24(21(29)15-12-25-28(3)13-15)17-6-4-5-7-18(17)26-23(24)32/h4-9,12-14,21H,10-11H2,1-3H3,(H,26,32)(H,27,30)/t21-,24+/m0/s1. The van der Waals surface area contributed by atoms with Gasteiger partial charge in [-0.25, -0.2) is 0 Å². The van der Waals surface area contributed by atoms with E-state index in [2.05, 4.69) is 15.4 Å². The Balaban J connectivity index is 1.67. The summed E-state index contributed by atoms with van der Waals surface area (Å²) in [5.41, 5.74) is 2.42. The van der Waals surface area contributed by atoms with Crippen molar-refractivity contribution in [3.8, 4) is 0 Å². The molecule has 2 aliphatic heterocycles. The molecule has 0 unspecified atom stereocenters. The van der Waals surface area contributed by atoms with Crippen molar-refractivity contribution < 1.29 is 9.59 Å². The first-order valence-corrected chi connectivity index (χ1v) is 10.8. The number of carbonyl (C=O) groups is 2. The number of anilines is 1. The molecule has 32 heavy (non-hydrogen) atoms. The summed E-state index contributed by atoms with van der Waals surface area (Å²) in [6, 6.07) is 10.1. The van der Waals surface area contributed by atoms with E-state index in [-0.39, 0.29) is 23.3 Å². The number of rotatable bonds is 3. The minimum absolute atomic E-state index is 0.0354. The van der Waals surface area contributed by atoms with Gasteiger partial charge < -0.3 is 15.2 Å².